The van der Waals surface area contributed by atoms with Crippen molar-refractivity contribution in [3.8, 4) is 0 Å². The largest absolute Gasteiger partial charge is 0.335 e. The SMILES string of the molecule is Cc1ccc(C2CCCN2C(=O)C[C@@H]2CCC[C@H]2N)s1. The molecule has 1 saturated carbocycles. The van der Waals surface area contributed by atoms with Crippen LogP contribution in [0.15, 0.2) is 12.1 Å². The second kappa shape index (κ2) is 5.86. The van der Waals surface area contributed by atoms with Crippen molar-refractivity contribution in [2.45, 2.75) is 57.5 Å². The van der Waals surface area contributed by atoms with Gasteiger partial charge in [0.2, 0.25) is 5.91 Å². The van der Waals surface area contributed by atoms with Crippen molar-refractivity contribution in [2.75, 3.05) is 6.54 Å². The fourth-order valence-corrected chi connectivity index (χ4v) is 4.68. The van der Waals surface area contributed by atoms with Crippen LogP contribution in [-0.2, 0) is 4.79 Å². The summed E-state index contributed by atoms with van der Waals surface area (Å²) >= 11 is 1.83. The summed E-state index contributed by atoms with van der Waals surface area (Å²) in [6.45, 7) is 3.05. The minimum atomic E-state index is 0.240. The van der Waals surface area contributed by atoms with Crippen molar-refractivity contribution >= 4 is 17.2 Å². The van der Waals surface area contributed by atoms with E-state index >= 15 is 0 Å². The van der Waals surface area contributed by atoms with Crippen molar-refractivity contribution in [1.82, 2.24) is 4.90 Å². The molecule has 2 aliphatic rings. The van der Waals surface area contributed by atoms with Crippen LogP contribution >= 0.6 is 11.3 Å². The standard InChI is InChI=1S/C16H24N2OS/c1-11-7-8-15(20-11)14-6-3-9-18(14)16(19)10-12-4-2-5-13(12)17/h7-8,12-14H,2-6,9-10,17H2,1H3/t12-,13+,14?/m0/s1. The Morgan fingerprint density at radius 3 is 2.85 bits per heavy atom. The number of hydrogen-bond acceptors (Lipinski definition) is 3. The Bertz CT molecular complexity index is 485. The number of nitrogens with two attached hydrogens (primary N) is 1. The number of nitrogens with zero attached hydrogens (tertiary/aromatic N) is 1. The van der Waals surface area contributed by atoms with E-state index in [1.165, 1.54) is 16.2 Å². The van der Waals surface area contributed by atoms with Crippen LogP contribution in [0.5, 0.6) is 0 Å². The van der Waals surface area contributed by atoms with E-state index in [0.29, 0.717) is 24.3 Å². The Balaban J connectivity index is 1.67. The summed E-state index contributed by atoms with van der Waals surface area (Å²) in [5, 5.41) is 0. The minimum absolute atomic E-state index is 0.240. The van der Waals surface area contributed by atoms with E-state index in [-0.39, 0.29) is 6.04 Å². The van der Waals surface area contributed by atoms with Crippen LogP contribution in [0.3, 0.4) is 0 Å². The van der Waals surface area contributed by atoms with Crippen molar-refractivity contribution in [3.05, 3.63) is 21.9 Å². The molecule has 0 bridgehead atoms. The fraction of sp³-hybridized carbons (Fsp3) is 0.688. The maximum Gasteiger partial charge on any atom is 0.223 e. The molecular formula is C16H24N2OS. The van der Waals surface area contributed by atoms with Gasteiger partial charge in [-0.3, -0.25) is 4.79 Å². The first-order chi connectivity index (χ1) is 9.65. The van der Waals surface area contributed by atoms with Crippen LogP contribution in [0, 0.1) is 12.8 Å². The summed E-state index contributed by atoms with van der Waals surface area (Å²) in [7, 11) is 0. The van der Waals surface area contributed by atoms with E-state index in [1.807, 2.05) is 11.3 Å². The lowest BCUT2D eigenvalue weighted by Gasteiger charge is -2.26. The molecule has 4 heteroatoms. The molecule has 1 unspecified atom stereocenters. The first kappa shape index (κ1) is 14.1. The normalized spacial score (nSPS) is 30.1. The number of carbonyl (C=O) groups is 1. The van der Waals surface area contributed by atoms with Gasteiger partial charge in [-0.1, -0.05) is 6.42 Å². The van der Waals surface area contributed by atoms with Crippen LogP contribution < -0.4 is 5.73 Å². The van der Waals surface area contributed by atoms with Crippen LogP contribution in [0.1, 0.15) is 54.3 Å². The van der Waals surface area contributed by atoms with Crippen molar-refractivity contribution < 1.29 is 4.79 Å². The lowest BCUT2D eigenvalue weighted by Crippen LogP contribution is -2.34. The third kappa shape index (κ3) is 2.77. The predicted molar refractivity (Wildman–Crippen MR) is 82.7 cm³/mol. The number of rotatable bonds is 3. The highest BCUT2D eigenvalue weighted by molar-refractivity contribution is 7.12. The molecule has 20 heavy (non-hydrogen) atoms. The first-order valence-electron chi connectivity index (χ1n) is 7.76. The summed E-state index contributed by atoms with van der Waals surface area (Å²) in [5.41, 5.74) is 6.11. The zero-order chi connectivity index (χ0) is 14.1. The highest BCUT2D eigenvalue weighted by Crippen LogP contribution is 2.37. The van der Waals surface area contributed by atoms with E-state index in [1.54, 1.807) is 0 Å². The number of carbonyl (C=O) groups excluding carboxylic acids is 1. The molecule has 3 nitrogen and oxygen atoms in total. The Morgan fingerprint density at radius 1 is 1.35 bits per heavy atom. The van der Waals surface area contributed by atoms with Gasteiger partial charge in [0, 0.05) is 28.8 Å². The molecule has 1 aromatic heterocycles. The van der Waals surface area contributed by atoms with Gasteiger partial charge in [0.25, 0.3) is 0 Å². The molecule has 3 rings (SSSR count). The molecule has 1 amide bonds. The lowest BCUT2D eigenvalue weighted by atomic mass is 9.99. The average Bonchev–Trinajstić information content (AvgIpc) is 3.11. The molecule has 2 N–H and O–H groups in total. The van der Waals surface area contributed by atoms with Crippen molar-refractivity contribution in [3.63, 3.8) is 0 Å². The van der Waals surface area contributed by atoms with E-state index in [4.69, 9.17) is 5.73 Å². The number of likely N-dealkylation sites (tertiary alicyclic amines) is 1. The third-order valence-electron chi connectivity index (χ3n) is 4.82. The van der Waals surface area contributed by atoms with Crippen LogP contribution in [0.25, 0.3) is 0 Å². The number of aryl methyl sites for hydroxylation is 1. The third-order valence-corrected chi connectivity index (χ3v) is 5.92. The van der Waals surface area contributed by atoms with E-state index in [0.717, 1.165) is 32.2 Å². The van der Waals surface area contributed by atoms with Crippen molar-refractivity contribution in [2.24, 2.45) is 11.7 Å². The van der Waals surface area contributed by atoms with Crippen LogP contribution in [-0.4, -0.2) is 23.4 Å². The molecule has 2 fully saturated rings. The summed E-state index contributed by atoms with van der Waals surface area (Å²) in [5.74, 6) is 0.731. The summed E-state index contributed by atoms with van der Waals surface area (Å²) in [6.07, 6.45) is 6.30. The summed E-state index contributed by atoms with van der Waals surface area (Å²) < 4.78 is 0. The summed E-state index contributed by atoms with van der Waals surface area (Å²) in [6, 6.07) is 4.91. The second-order valence-corrected chi connectivity index (χ2v) is 7.57. The first-order valence-corrected chi connectivity index (χ1v) is 8.58. The van der Waals surface area contributed by atoms with E-state index in [2.05, 4.69) is 24.0 Å². The van der Waals surface area contributed by atoms with Crippen molar-refractivity contribution in [1.29, 1.82) is 0 Å². The fourth-order valence-electron chi connectivity index (χ4n) is 3.65. The monoisotopic (exact) mass is 292 g/mol. The molecule has 0 radical (unpaired) electrons. The van der Waals surface area contributed by atoms with Gasteiger partial charge in [0.05, 0.1) is 6.04 Å². The zero-order valence-electron chi connectivity index (χ0n) is 12.2. The Hall–Kier alpha value is -0.870. The molecule has 1 aliphatic carbocycles. The highest BCUT2D eigenvalue weighted by atomic mass is 32.1. The van der Waals surface area contributed by atoms with E-state index < -0.39 is 0 Å². The molecule has 110 valence electrons. The molecule has 3 atom stereocenters. The molecule has 1 aromatic rings. The Kier molecular flexibility index (Phi) is 4.13. The van der Waals surface area contributed by atoms with Gasteiger partial charge < -0.3 is 10.6 Å². The van der Waals surface area contributed by atoms with Gasteiger partial charge in [-0.05, 0) is 50.7 Å². The highest BCUT2D eigenvalue weighted by Gasteiger charge is 2.34. The van der Waals surface area contributed by atoms with Gasteiger partial charge in [-0.15, -0.1) is 11.3 Å². The maximum absolute atomic E-state index is 12.6. The zero-order valence-corrected chi connectivity index (χ0v) is 13.0. The molecule has 1 aliphatic heterocycles. The lowest BCUT2D eigenvalue weighted by molar-refractivity contribution is -0.133. The van der Waals surface area contributed by atoms with E-state index in [9.17, 15) is 4.79 Å². The number of hydrogen-bond donors (Lipinski definition) is 1. The maximum atomic E-state index is 12.6. The second-order valence-electron chi connectivity index (χ2n) is 6.25. The Morgan fingerprint density at radius 2 is 2.20 bits per heavy atom. The number of thiophene rings is 1. The predicted octanol–water partition coefficient (Wildman–Crippen LogP) is 3.24. The van der Waals surface area contributed by atoms with Gasteiger partial charge >= 0.3 is 0 Å². The molecular weight excluding hydrogens is 268 g/mol. The molecule has 1 saturated heterocycles. The van der Waals surface area contributed by atoms with Gasteiger partial charge in [-0.2, -0.15) is 0 Å². The smallest absolute Gasteiger partial charge is 0.223 e. The van der Waals surface area contributed by atoms with Gasteiger partial charge in [0.1, 0.15) is 0 Å². The number of amides is 1. The van der Waals surface area contributed by atoms with Crippen LogP contribution in [0.2, 0.25) is 0 Å². The molecule has 0 aromatic carbocycles. The summed E-state index contributed by atoms with van der Waals surface area (Å²) in [4.78, 5) is 17.4. The minimum Gasteiger partial charge on any atom is -0.335 e. The average molecular weight is 292 g/mol. The van der Waals surface area contributed by atoms with Gasteiger partial charge in [-0.25, -0.2) is 0 Å². The molecule has 0 spiro atoms. The topological polar surface area (TPSA) is 46.3 Å². The van der Waals surface area contributed by atoms with Gasteiger partial charge in [0.15, 0.2) is 0 Å². The quantitative estimate of drug-likeness (QED) is 0.929. The Labute approximate surface area is 125 Å². The van der Waals surface area contributed by atoms with Crippen LogP contribution in [0.4, 0.5) is 0 Å². The molecule has 2 heterocycles.